The molecule has 0 bridgehead atoms. The highest BCUT2D eigenvalue weighted by Gasteiger charge is 2.01. The molecule has 2 rings (SSSR count). The zero-order valence-corrected chi connectivity index (χ0v) is 18.8. The van der Waals surface area contributed by atoms with Crippen molar-refractivity contribution in [3.63, 3.8) is 0 Å². The van der Waals surface area contributed by atoms with Crippen molar-refractivity contribution >= 4 is 29.9 Å². The molecule has 0 aliphatic heterocycles. The van der Waals surface area contributed by atoms with Crippen molar-refractivity contribution in [2.75, 3.05) is 13.7 Å². The van der Waals surface area contributed by atoms with Crippen LogP contribution in [0.25, 0.3) is 0 Å². The number of hydrogen-bond donors (Lipinski definition) is 2. The third-order valence-corrected chi connectivity index (χ3v) is 3.68. The molecule has 0 aliphatic carbocycles. The highest BCUT2D eigenvalue weighted by Crippen LogP contribution is 2.14. The Hall–Kier alpha value is -1.96. The maximum Gasteiger partial charge on any atom is 0.191 e. The predicted molar refractivity (Wildman–Crippen MR) is 122 cm³/mol. The van der Waals surface area contributed by atoms with E-state index in [1.165, 1.54) is 5.56 Å². The molecule has 0 aliphatic rings. The van der Waals surface area contributed by atoms with E-state index >= 15 is 0 Å². The molecule has 5 nitrogen and oxygen atoms in total. The molecule has 148 valence electrons. The van der Waals surface area contributed by atoms with E-state index in [0.29, 0.717) is 13.1 Å². The van der Waals surface area contributed by atoms with Crippen LogP contribution in [-0.2, 0) is 13.1 Å². The minimum atomic E-state index is 0. The summed E-state index contributed by atoms with van der Waals surface area (Å²) in [6.07, 6.45) is 0.185. The maximum atomic E-state index is 5.67. The monoisotopic (exact) mass is 483 g/mol. The van der Waals surface area contributed by atoms with Crippen molar-refractivity contribution in [3.8, 4) is 11.5 Å². The fourth-order valence-corrected chi connectivity index (χ4v) is 2.39. The largest absolute Gasteiger partial charge is 0.497 e. The van der Waals surface area contributed by atoms with E-state index in [4.69, 9.17) is 9.47 Å². The van der Waals surface area contributed by atoms with E-state index in [0.717, 1.165) is 29.6 Å². The second-order valence-corrected chi connectivity index (χ2v) is 6.21. The first-order valence-electron chi connectivity index (χ1n) is 9.01. The number of nitrogens with zero attached hydrogens (tertiary/aromatic N) is 1. The van der Waals surface area contributed by atoms with Crippen molar-refractivity contribution in [1.82, 2.24) is 10.6 Å². The van der Waals surface area contributed by atoms with Gasteiger partial charge in [0.1, 0.15) is 11.5 Å². The summed E-state index contributed by atoms with van der Waals surface area (Å²) in [7, 11) is 1.67. The number of hydrogen-bond acceptors (Lipinski definition) is 3. The van der Waals surface area contributed by atoms with Gasteiger partial charge in [-0.3, -0.25) is 0 Å². The number of methoxy groups -OCH3 is 1. The molecular weight excluding hydrogens is 453 g/mol. The van der Waals surface area contributed by atoms with E-state index in [1.807, 2.05) is 50.2 Å². The van der Waals surface area contributed by atoms with Gasteiger partial charge in [0.2, 0.25) is 0 Å². The van der Waals surface area contributed by atoms with Gasteiger partial charge in [0.25, 0.3) is 0 Å². The first kappa shape index (κ1) is 23.1. The van der Waals surface area contributed by atoms with E-state index in [9.17, 15) is 0 Å². The van der Waals surface area contributed by atoms with Gasteiger partial charge in [-0.25, -0.2) is 4.99 Å². The number of rotatable bonds is 8. The fraction of sp³-hybridized carbons (Fsp3) is 0.381. The Morgan fingerprint density at radius 2 is 1.52 bits per heavy atom. The molecular formula is C21H30IN3O2. The lowest BCUT2D eigenvalue weighted by Crippen LogP contribution is -2.36. The molecule has 2 aromatic carbocycles. The summed E-state index contributed by atoms with van der Waals surface area (Å²) in [5.41, 5.74) is 2.31. The highest BCUT2D eigenvalue weighted by atomic mass is 127. The molecule has 0 saturated heterocycles. The van der Waals surface area contributed by atoms with E-state index < -0.39 is 0 Å². The molecule has 6 heteroatoms. The number of guanidine groups is 1. The Balaban J connectivity index is 0.00000364. The minimum Gasteiger partial charge on any atom is -0.497 e. The third kappa shape index (κ3) is 8.51. The molecule has 0 saturated carbocycles. The Kier molecular flexibility index (Phi) is 10.6. The second-order valence-electron chi connectivity index (χ2n) is 6.21. The van der Waals surface area contributed by atoms with Crippen LogP contribution in [0.4, 0.5) is 0 Å². The van der Waals surface area contributed by atoms with E-state index in [2.05, 4.69) is 34.7 Å². The first-order chi connectivity index (χ1) is 12.6. The lowest BCUT2D eigenvalue weighted by molar-refractivity contribution is 0.242. The number of nitrogens with one attached hydrogen (secondary N) is 2. The highest BCUT2D eigenvalue weighted by molar-refractivity contribution is 14.0. The van der Waals surface area contributed by atoms with Crippen LogP contribution in [0, 0.1) is 0 Å². The fourth-order valence-electron chi connectivity index (χ4n) is 2.39. The molecule has 2 N–H and O–H groups in total. The van der Waals surface area contributed by atoms with Crippen LogP contribution in [0.15, 0.2) is 53.5 Å². The number of aliphatic imine (C=N–C) groups is 1. The molecule has 0 unspecified atom stereocenters. The van der Waals surface area contributed by atoms with Crippen LogP contribution in [0.3, 0.4) is 0 Å². The number of ether oxygens (including phenoxy) is 2. The lowest BCUT2D eigenvalue weighted by atomic mass is 10.2. The van der Waals surface area contributed by atoms with Gasteiger partial charge in [-0.05, 0) is 56.2 Å². The number of benzene rings is 2. The van der Waals surface area contributed by atoms with Gasteiger partial charge in [0.15, 0.2) is 5.96 Å². The van der Waals surface area contributed by atoms with Crippen LogP contribution in [0.1, 0.15) is 31.9 Å². The Morgan fingerprint density at radius 3 is 2.07 bits per heavy atom. The van der Waals surface area contributed by atoms with E-state index in [1.54, 1.807) is 7.11 Å². The minimum absolute atomic E-state index is 0. The molecule has 0 fully saturated rings. The van der Waals surface area contributed by atoms with Gasteiger partial charge in [-0.2, -0.15) is 0 Å². The number of halogens is 1. The lowest BCUT2D eigenvalue weighted by Gasteiger charge is -2.13. The second kappa shape index (κ2) is 12.4. The SMILES string of the molecule is CCNC(=NCc1ccc(OC)cc1)NCc1ccc(OC(C)C)cc1.I. The molecule has 0 spiro atoms. The Bertz CT molecular complexity index is 686. The summed E-state index contributed by atoms with van der Waals surface area (Å²) in [5, 5.41) is 6.64. The zero-order valence-electron chi connectivity index (χ0n) is 16.5. The van der Waals surface area contributed by atoms with Crippen molar-refractivity contribution in [2.24, 2.45) is 4.99 Å². The summed E-state index contributed by atoms with van der Waals surface area (Å²) in [6.45, 7) is 8.24. The first-order valence-corrected chi connectivity index (χ1v) is 9.01. The standard InChI is InChI=1S/C21H29N3O2.HI/c1-5-22-21(23-14-17-6-10-19(25-4)11-7-17)24-15-18-8-12-20(13-9-18)26-16(2)3;/h6-13,16H,5,14-15H2,1-4H3,(H2,22,23,24);1H. The Labute approximate surface area is 179 Å². The van der Waals surface area contributed by atoms with Crippen LogP contribution in [0.2, 0.25) is 0 Å². The molecule has 0 heterocycles. The van der Waals surface area contributed by atoms with Crippen molar-refractivity contribution in [3.05, 3.63) is 59.7 Å². The predicted octanol–water partition coefficient (Wildman–Crippen LogP) is 4.36. The average molecular weight is 483 g/mol. The molecule has 27 heavy (non-hydrogen) atoms. The van der Waals surface area contributed by atoms with Gasteiger partial charge in [-0.15, -0.1) is 24.0 Å². The van der Waals surface area contributed by atoms with Gasteiger partial charge in [0.05, 0.1) is 19.8 Å². The van der Waals surface area contributed by atoms with E-state index in [-0.39, 0.29) is 30.1 Å². The zero-order chi connectivity index (χ0) is 18.8. The van der Waals surface area contributed by atoms with Crippen molar-refractivity contribution < 1.29 is 9.47 Å². The molecule has 0 aromatic heterocycles. The quantitative estimate of drug-likeness (QED) is 0.333. The van der Waals surface area contributed by atoms with Gasteiger partial charge in [-0.1, -0.05) is 24.3 Å². The van der Waals surface area contributed by atoms with Gasteiger partial charge < -0.3 is 20.1 Å². The normalized spacial score (nSPS) is 10.9. The molecule has 0 radical (unpaired) electrons. The van der Waals surface area contributed by atoms with Crippen LogP contribution < -0.4 is 20.1 Å². The van der Waals surface area contributed by atoms with Crippen LogP contribution in [0.5, 0.6) is 11.5 Å². The molecule has 2 aromatic rings. The summed E-state index contributed by atoms with van der Waals surface area (Å²) in [6, 6.07) is 16.1. The van der Waals surface area contributed by atoms with Crippen LogP contribution in [-0.4, -0.2) is 25.7 Å². The summed E-state index contributed by atoms with van der Waals surface area (Å²) in [4.78, 5) is 4.64. The average Bonchev–Trinajstić information content (AvgIpc) is 2.65. The molecule has 0 atom stereocenters. The van der Waals surface area contributed by atoms with Crippen molar-refractivity contribution in [2.45, 2.75) is 40.0 Å². The summed E-state index contributed by atoms with van der Waals surface area (Å²) < 4.78 is 10.9. The van der Waals surface area contributed by atoms with Crippen molar-refractivity contribution in [1.29, 1.82) is 0 Å². The van der Waals surface area contributed by atoms with Crippen LogP contribution >= 0.6 is 24.0 Å². The molecule has 0 amide bonds. The topological polar surface area (TPSA) is 54.9 Å². The van der Waals surface area contributed by atoms with Gasteiger partial charge in [0, 0.05) is 13.1 Å². The summed E-state index contributed by atoms with van der Waals surface area (Å²) >= 11 is 0. The van der Waals surface area contributed by atoms with Gasteiger partial charge >= 0.3 is 0 Å². The maximum absolute atomic E-state index is 5.67. The third-order valence-electron chi connectivity index (χ3n) is 3.68. The Morgan fingerprint density at radius 1 is 0.926 bits per heavy atom. The smallest absolute Gasteiger partial charge is 0.191 e. The summed E-state index contributed by atoms with van der Waals surface area (Å²) in [5.74, 6) is 2.54.